The second-order valence-corrected chi connectivity index (χ2v) is 6.49. The highest BCUT2D eigenvalue weighted by molar-refractivity contribution is 9.10. The van der Waals surface area contributed by atoms with E-state index in [0.717, 1.165) is 25.3 Å². The molecule has 0 saturated heterocycles. The molecule has 0 radical (unpaired) electrons. The van der Waals surface area contributed by atoms with Gasteiger partial charge >= 0.3 is 5.97 Å². The van der Waals surface area contributed by atoms with E-state index >= 15 is 0 Å². The van der Waals surface area contributed by atoms with Crippen LogP contribution in [0.1, 0.15) is 43.0 Å². The lowest BCUT2D eigenvalue weighted by Gasteiger charge is -2.29. The van der Waals surface area contributed by atoms with Gasteiger partial charge in [0.15, 0.2) is 6.61 Å². The summed E-state index contributed by atoms with van der Waals surface area (Å²) in [6, 6.07) is 3.88. The van der Waals surface area contributed by atoms with Gasteiger partial charge in [-0.1, -0.05) is 19.8 Å². The number of hydrogen-bond acceptors (Lipinski definition) is 3. The average molecular weight is 372 g/mol. The summed E-state index contributed by atoms with van der Waals surface area (Å²) in [5.74, 6) is -1.14. The van der Waals surface area contributed by atoms with Gasteiger partial charge in [0.05, 0.1) is 5.56 Å². The van der Waals surface area contributed by atoms with Crippen LogP contribution in [0.4, 0.5) is 4.39 Å². The van der Waals surface area contributed by atoms with Crippen molar-refractivity contribution in [1.82, 2.24) is 5.32 Å². The molecule has 1 aromatic rings. The van der Waals surface area contributed by atoms with Crippen LogP contribution >= 0.6 is 15.9 Å². The second-order valence-electron chi connectivity index (χ2n) is 5.64. The highest BCUT2D eigenvalue weighted by atomic mass is 79.9. The van der Waals surface area contributed by atoms with Gasteiger partial charge < -0.3 is 10.1 Å². The molecule has 1 aliphatic carbocycles. The first-order valence-electron chi connectivity index (χ1n) is 7.39. The van der Waals surface area contributed by atoms with Gasteiger partial charge in [0.25, 0.3) is 5.91 Å². The van der Waals surface area contributed by atoms with Crippen LogP contribution in [-0.2, 0) is 9.53 Å². The third kappa shape index (κ3) is 4.53. The number of rotatable bonds is 4. The lowest BCUT2D eigenvalue weighted by molar-refractivity contribution is -0.125. The Morgan fingerprint density at radius 1 is 1.36 bits per heavy atom. The van der Waals surface area contributed by atoms with Gasteiger partial charge in [0.2, 0.25) is 0 Å². The predicted molar refractivity (Wildman–Crippen MR) is 83.9 cm³/mol. The van der Waals surface area contributed by atoms with Crippen LogP contribution in [0.25, 0.3) is 0 Å². The Kier molecular flexibility index (Phi) is 5.94. The van der Waals surface area contributed by atoms with Crippen LogP contribution in [0.15, 0.2) is 22.7 Å². The third-order valence-corrected chi connectivity index (χ3v) is 4.63. The van der Waals surface area contributed by atoms with Crippen LogP contribution in [0.3, 0.4) is 0 Å². The molecule has 1 saturated carbocycles. The number of carbonyl (C=O) groups excluding carboxylic acids is 2. The van der Waals surface area contributed by atoms with Crippen LogP contribution in [0.2, 0.25) is 0 Å². The van der Waals surface area contributed by atoms with Crippen molar-refractivity contribution in [1.29, 1.82) is 0 Å². The molecule has 0 unspecified atom stereocenters. The number of carbonyl (C=O) groups is 2. The summed E-state index contributed by atoms with van der Waals surface area (Å²) in [7, 11) is 0. The van der Waals surface area contributed by atoms with Crippen molar-refractivity contribution in [2.75, 3.05) is 6.61 Å². The van der Waals surface area contributed by atoms with E-state index in [2.05, 4.69) is 28.2 Å². The zero-order valence-corrected chi connectivity index (χ0v) is 14.0. The van der Waals surface area contributed by atoms with Gasteiger partial charge in [0.1, 0.15) is 5.82 Å². The molecular weight excluding hydrogens is 353 g/mol. The Hall–Kier alpha value is -1.43. The molecule has 2 rings (SSSR count). The summed E-state index contributed by atoms with van der Waals surface area (Å²) < 4.78 is 18.5. The number of nitrogens with one attached hydrogen (secondary N) is 1. The fourth-order valence-corrected chi connectivity index (χ4v) is 3.05. The summed E-state index contributed by atoms with van der Waals surface area (Å²) in [4.78, 5) is 23.8. The summed E-state index contributed by atoms with van der Waals surface area (Å²) >= 11 is 3.16. The van der Waals surface area contributed by atoms with Crippen molar-refractivity contribution in [2.45, 2.75) is 38.6 Å². The zero-order chi connectivity index (χ0) is 16.1. The number of hydrogen-bond donors (Lipinski definition) is 1. The van der Waals surface area contributed by atoms with E-state index in [4.69, 9.17) is 4.74 Å². The summed E-state index contributed by atoms with van der Waals surface area (Å²) in [6.45, 7) is 1.75. The molecule has 22 heavy (non-hydrogen) atoms. The molecule has 2 atom stereocenters. The smallest absolute Gasteiger partial charge is 0.339 e. The summed E-state index contributed by atoms with van der Waals surface area (Å²) in [6.07, 6.45) is 4.35. The lowest BCUT2D eigenvalue weighted by atomic mass is 9.86. The molecule has 1 amide bonds. The molecule has 0 bridgehead atoms. The molecule has 1 aliphatic rings. The van der Waals surface area contributed by atoms with E-state index in [1.807, 2.05) is 0 Å². The minimum absolute atomic E-state index is 0.0684. The van der Waals surface area contributed by atoms with Crippen molar-refractivity contribution < 1.29 is 18.7 Å². The first-order valence-corrected chi connectivity index (χ1v) is 8.18. The predicted octanol–water partition coefficient (Wildman–Crippen LogP) is 3.44. The van der Waals surface area contributed by atoms with Crippen molar-refractivity contribution in [3.8, 4) is 0 Å². The Morgan fingerprint density at radius 2 is 2.09 bits per heavy atom. The van der Waals surface area contributed by atoms with Crippen molar-refractivity contribution in [3.63, 3.8) is 0 Å². The maximum atomic E-state index is 13.2. The number of halogens is 2. The molecule has 6 heteroatoms. The quantitative estimate of drug-likeness (QED) is 0.824. The molecular formula is C16H19BrFNO3. The van der Waals surface area contributed by atoms with Gasteiger partial charge in [-0.05, 0) is 52.9 Å². The van der Waals surface area contributed by atoms with Crippen molar-refractivity contribution in [3.05, 3.63) is 34.1 Å². The molecule has 0 spiro atoms. The molecule has 0 aliphatic heterocycles. The molecule has 4 nitrogen and oxygen atoms in total. The molecule has 1 fully saturated rings. The van der Waals surface area contributed by atoms with Gasteiger partial charge in [-0.25, -0.2) is 9.18 Å². The van der Waals surface area contributed by atoms with Crippen molar-refractivity contribution in [2.24, 2.45) is 5.92 Å². The van der Waals surface area contributed by atoms with E-state index in [1.165, 1.54) is 18.6 Å². The number of esters is 1. The second kappa shape index (κ2) is 7.72. The fraction of sp³-hybridized carbons (Fsp3) is 0.500. The third-order valence-electron chi connectivity index (χ3n) is 3.94. The van der Waals surface area contributed by atoms with E-state index in [0.29, 0.717) is 10.4 Å². The van der Waals surface area contributed by atoms with Crippen LogP contribution < -0.4 is 5.32 Å². The molecule has 0 aromatic heterocycles. The van der Waals surface area contributed by atoms with Crippen molar-refractivity contribution >= 4 is 27.8 Å². The maximum absolute atomic E-state index is 13.2. The fourth-order valence-electron chi connectivity index (χ4n) is 2.64. The first-order chi connectivity index (χ1) is 10.5. The zero-order valence-electron chi connectivity index (χ0n) is 12.4. The maximum Gasteiger partial charge on any atom is 0.339 e. The average Bonchev–Trinajstić information content (AvgIpc) is 2.49. The minimum atomic E-state index is -0.724. The Morgan fingerprint density at radius 3 is 2.82 bits per heavy atom. The SMILES string of the molecule is C[C@H]1CCCC[C@H]1NC(=O)COC(=O)c1cc(F)ccc1Br. The highest BCUT2D eigenvalue weighted by Crippen LogP contribution is 2.23. The standard InChI is InChI=1S/C16H19BrFNO3/c1-10-4-2-3-5-14(10)19-15(20)9-22-16(21)12-8-11(18)6-7-13(12)17/h6-8,10,14H,2-5,9H2,1H3,(H,19,20)/t10-,14+/m0/s1. The Labute approximate surface area is 137 Å². The lowest BCUT2D eigenvalue weighted by Crippen LogP contribution is -2.42. The van der Waals surface area contributed by atoms with E-state index in [9.17, 15) is 14.0 Å². The van der Waals surface area contributed by atoms with E-state index in [-0.39, 0.29) is 24.1 Å². The van der Waals surface area contributed by atoms with E-state index < -0.39 is 11.8 Å². The normalized spacial score (nSPS) is 21.2. The Balaban J connectivity index is 1.85. The topological polar surface area (TPSA) is 55.4 Å². The molecule has 120 valence electrons. The molecule has 1 N–H and O–H groups in total. The van der Waals surface area contributed by atoms with Gasteiger partial charge in [0, 0.05) is 10.5 Å². The Bertz CT molecular complexity index is 564. The minimum Gasteiger partial charge on any atom is -0.452 e. The van der Waals surface area contributed by atoms with Crippen LogP contribution in [0, 0.1) is 11.7 Å². The van der Waals surface area contributed by atoms with E-state index in [1.54, 1.807) is 0 Å². The van der Waals surface area contributed by atoms with Crippen LogP contribution in [0.5, 0.6) is 0 Å². The number of ether oxygens (including phenoxy) is 1. The number of benzene rings is 1. The van der Waals surface area contributed by atoms with Gasteiger partial charge in [-0.3, -0.25) is 4.79 Å². The first kappa shape index (κ1) is 16.9. The number of amides is 1. The molecule has 0 heterocycles. The van der Waals surface area contributed by atoms with Gasteiger partial charge in [-0.15, -0.1) is 0 Å². The van der Waals surface area contributed by atoms with Crippen LogP contribution in [-0.4, -0.2) is 24.5 Å². The summed E-state index contributed by atoms with van der Waals surface area (Å²) in [5, 5.41) is 2.90. The largest absolute Gasteiger partial charge is 0.452 e. The highest BCUT2D eigenvalue weighted by Gasteiger charge is 2.23. The molecule has 1 aromatic carbocycles. The van der Waals surface area contributed by atoms with Gasteiger partial charge in [-0.2, -0.15) is 0 Å². The summed E-state index contributed by atoms with van der Waals surface area (Å²) in [5.41, 5.74) is 0.0684. The monoisotopic (exact) mass is 371 g/mol.